The molecule has 0 aliphatic heterocycles. The SMILES string of the molecule is O=S(=O)([O-])Oc1ccc(C(F)(F)F)cc1.[Li+]. The van der Waals surface area contributed by atoms with Crippen LogP contribution in [-0.2, 0) is 16.6 Å². The van der Waals surface area contributed by atoms with E-state index in [2.05, 4.69) is 4.18 Å². The molecule has 1 aromatic rings. The van der Waals surface area contributed by atoms with E-state index in [0.717, 1.165) is 12.1 Å². The van der Waals surface area contributed by atoms with E-state index in [4.69, 9.17) is 0 Å². The van der Waals surface area contributed by atoms with Gasteiger partial charge in [0, 0.05) is 0 Å². The van der Waals surface area contributed by atoms with Crippen LogP contribution < -0.4 is 23.0 Å². The van der Waals surface area contributed by atoms with Crippen molar-refractivity contribution < 1.29 is 49.2 Å². The van der Waals surface area contributed by atoms with Crippen LogP contribution in [-0.4, -0.2) is 13.0 Å². The van der Waals surface area contributed by atoms with E-state index in [0.29, 0.717) is 12.1 Å². The molecule has 0 radical (unpaired) electrons. The van der Waals surface area contributed by atoms with E-state index in [1.54, 1.807) is 0 Å². The number of hydrogen-bond donors (Lipinski definition) is 0. The Morgan fingerprint density at radius 1 is 1.12 bits per heavy atom. The topological polar surface area (TPSA) is 66.4 Å². The largest absolute Gasteiger partial charge is 1.00 e. The maximum atomic E-state index is 12.0. The van der Waals surface area contributed by atoms with Crippen LogP contribution in [0.25, 0.3) is 0 Å². The summed E-state index contributed by atoms with van der Waals surface area (Å²) in [5.41, 5.74) is -0.960. The van der Waals surface area contributed by atoms with Crippen LogP contribution >= 0.6 is 0 Å². The fraction of sp³-hybridized carbons (Fsp3) is 0.143. The Hall–Kier alpha value is -0.683. The number of halogens is 3. The summed E-state index contributed by atoms with van der Waals surface area (Å²) in [6.07, 6.45) is -4.52. The number of rotatable bonds is 2. The van der Waals surface area contributed by atoms with Crippen molar-refractivity contribution in [2.75, 3.05) is 0 Å². The molecule has 0 aliphatic carbocycles. The van der Waals surface area contributed by atoms with E-state index in [1.807, 2.05) is 0 Å². The normalized spacial score (nSPS) is 11.8. The fourth-order valence-corrected chi connectivity index (χ4v) is 1.16. The van der Waals surface area contributed by atoms with Crippen LogP contribution in [0.2, 0.25) is 0 Å². The summed E-state index contributed by atoms with van der Waals surface area (Å²) in [6.45, 7) is 0. The van der Waals surface area contributed by atoms with Gasteiger partial charge < -0.3 is 8.74 Å². The van der Waals surface area contributed by atoms with Crippen molar-refractivity contribution in [3.63, 3.8) is 0 Å². The average Bonchev–Trinajstić information content (AvgIpc) is 2.00. The number of hydrogen-bond acceptors (Lipinski definition) is 4. The molecule has 0 spiro atoms. The molecule has 0 saturated carbocycles. The molecular formula is C7H4F3LiO4S. The zero-order chi connectivity index (χ0) is 11.7. The minimum Gasteiger partial charge on any atom is -0.716 e. The van der Waals surface area contributed by atoms with Crippen LogP contribution in [0.4, 0.5) is 13.2 Å². The maximum Gasteiger partial charge on any atom is 1.00 e. The molecule has 0 bridgehead atoms. The first-order chi connectivity index (χ1) is 6.68. The molecule has 0 atom stereocenters. The van der Waals surface area contributed by atoms with Gasteiger partial charge in [0.15, 0.2) is 0 Å². The van der Waals surface area contributed by atoms with Gasteiger partial charge in [0.05, 0.1) is 5.56 Å². The molecule has 0 heterocycles. The predicted molar refractivity (Wildman–Crippen MR) is 41.8 cm³/mol. The molecule has 9 heteroatoms. The Labute approximate surface area is 102 Å². The van der Waals surface area contributed by atoms with Gasteiger partial charge in [0.25, 0.3) is 10.4 Å². The Kier molecular flexibility index (Phi) is 4.88. The van der Waals surface area contributed by atoms with Gasteiger partial charge in [-0.25, -0.2) is 8.42 Å². The molecule has 1 rings (SSSR count). The summed E-state index contributed by atoms with van der Waals surface area (Å²) in [5.74, 6) is -0.460. The second-order valence-electron chi connectivity index (χ2n) is 2.51. The maximum absolute atomic E-state index is 12.0. The summed E-state index contributed by atoms with van der Waals surface area (Å²) in [5, 5.41) is 0. The van der Waals surface area contributed by atoms with Crippen molar-refractivity contribution in [2.45, 2.75) is 6.18 Å². The van der Waals surface area contributed by atoms with Crippen LogP contribution in [0.15, 0.2) is 24.3 Å². The molecule has 0 aliphatic rings. The minimum atomic E-state index is -4.96. The Bertz CT molecular complexity index is 440. The standard InChI is InChI=1S/C7H5F3O4S.Li/c8-7(9,10)5-1-3-6(4-2-5)14-15(11,12)13;/h1-4H,(H,11,12,13);/q;+1/p-1. The zero-order valence-electron chi connectivity index (χ0n) is 7.98. The minimum absolute atomic E-state index is 0. The van der Waals surface area contributed by atoms with Gasteiger partial charge >= 0.3 is 25.0 Å². The first kappa shape index (κ1) is 15.3. The summed E-state index contributed by atoms with van der Waals surface area (Å²) >= 11 is 0. The third kappa shape index (κ3) is 4.89. The monoisotopic (exact) mass is 248 g/mol. The molecule has 4 nitrogen and oxygen atoms in total. The van der Waals surface area contributed by atoms with Crippen molar-refractivity contribution in [3.05, 3.63) is 29.8 Å². The van der Waals surface area contributed by atoms with Crippen molar-refractivity contribution in [1.82, 2.24) is 0 Å². The molecule has 16 heavy (non-hydrogen) atoms. The quantitative estimate of drug-likeness (QED) is 0.365. The predicted octanol–water partition coefficient (Wildman–Crippen LogP) is -1.45. The van der Waals surface area contributed by atoms with Crippen LogP contribution in [0.1, 0.15) is 5.56 Å². The Morgan fingerprint density at radius 3 is 1.88 bits per heavy atom. The Balaban J connectivity index is 0.00000225. The fourth-order valence-electron chi connectivity index (χ4n) is 0.817. The smallest absolute Gasteiger partial charge is 0.716 e. The van der Waals surface area contributed by atoms with E-state index < -0.39 is 27.9 Å². The average molecular weight is 248 g/mol. The van der Waals surface area contributed by atoms with Gasteiger partial charge in [0.1, 0.15) is 5.75 Å². The van der Waals surface area contributed by atoms with Crippen LogP contribution in [0.3, 0.4) is 0 Å². The van der Waals surface area contributed by atoms with Gasteiger partial charge in [-0.2, -0.15) is 13.2 Å². The molecule has 84 valence electrons. The number of benzene rings is 1. The van der Waals surface area contributed by atoms with E-state index in [1.165, 1.54) is 0 Å². The summed E-state index contributed by atoms with van der Waals surface area (Å²) in [4.78, 5) is 0. The summed E-state index contributed by atoms with van der Waals surface area (Å²) in [7, 11) is -4.96. The molecule has 0 N–H and O–H groups in total. The summed E-state index contributed by atoms with van der Waals surface area (Å²) in [6, 6.07) is 2.72. The molecule has 0 amide bonds. The second-order valence-corrected chi connectivity index (χ2v) is 3.50. The van der Waals surface area contributed by atoms with E-state index in [-0.39, 0.29) is 18.9 Å². The molecule has 0 saturated heterocycles. The van der Waals surface area contributed by atoms with Gasteiger partial charge in [-0.15, -0.1) is 0 Å². The first-order valence-corrected chi connectivity index (χ1v) is 4.84. The van der Waals surface area contributed by atoms with Crippen molar-refractivity contribution in [3.8, 4) is 5.75 Å². The van der Waals surface area contributed by atoms with E-state index in [9.17, 15) is 26.1 Å². The first-order valence-electron chi connectivity index (χ1n) is 3.51. The third-order valence-corrected chi connectivity index (χ3v) is 1.78. The third-order valence-electron chi connectivity index (χ3n) is 1.38. The van der Waals surface area contributed by atoms with E-state index >= 15 is 0 Å². The van der Waals surface area contributed by atoms with Crippen molar-refractivity contribution in [1.29, 1.82) is 0 Å². The molecule has 0 aromatic heterocycles. The van der Waals surface area contributed by atoms with Gasteiger partial charge in [-0.1, -0.05) is 0 Å². The van der Waals surface area contributed by atoms with Gasteiger partial charge in [-0.05, 0) is 24.3 Å². The zero-order valence-corrected chi connectivity index (χ0v) is 8.80. The summed E-state index contributed by atoms with van der Waals surface area (Å²) < 4.78 is 70.2. The van der Waals surface area contributed by atoms with Crippen LogP contribution in [0, 0.1) is 0 Å². The van der Waals surface area contributed by atoms with Gasteiger partial charge in [0.2, 0.25) is 0 Å². The second kappa shape index (κ2) is 5.10. The molecule has 1 aromatic carbocycles. The Morgan fingerprint density at radius 2 is 1.56 bits per heavy atom. The van der Waals surface area contributed by atoms with Crippen molar-refractivity contribution >= 4 is 10.4 Å². The number of alkyl halides is 3. The van der Waals surface area contributed by atoms with Crippen molar-refractivity contribution in [2.24, 2.45) is 0 Å². The molecular weight excluding hydrogens is 244 g/mol. The molecule has 0 unspecified atom stereocenters. The van der Waals surface area contributed by atoms with Crippen LogP contribution in [0.5, 0.6) is 5.75 Å². The van der Waals surface area contributed by atoms with Gasteiger partial charge in [-0.3, -0.25) is 0 Å². The molecule has 0 fully saturated rings.